The molecule has 0 bridgehead atoms. The fraction of sp³-hybridized carbons (Fsp3) is 0.933. The quantitative estimate of drug-likeness (QED) is 0.832. The fourth-order valence-corrected chi connectivity index (χ4v) is 2.51. The molecule has 1 fully saturated rings. The normalized spacial score (nSPS) is 25.7. The lowest BCUT2D eigenvalue weighted by Crippen LogP contribution is -2.51. The zero-order chi connectivity index (χ0) is 15.5. The second-order valence-electron chi connectivity index (χ2n) is 7.29. The standard InChI is InChI=1S/C15H30N2O3/c1-10(2)13(18)7-11-6-12(16)9-17(8-11)14(19)20-15(3,4)5/h10-13,18H,6-9,16H2,1-5H3. The number of nitrogens with two attached hydrogens (primary N) is 1. The van der Waals surface area contributed by atoms with Gasteiger partial charge >= 0.3 is 6.09 Å². The first-order chi connectivity index (χ1) is 9.08. The molecule has 1 amide bonds. The Labute approximate surface area is 122 Å². The molecule has 3 N–H and O–H groups in total. The van der Waals surface area contributed by atoms with Crippen LogP contribution in [0.3, 0.4) is 0 Å². The highest BCUT2D eigenvalue weighted by Gasteiger charge is 2.32. The Morgan fingerprint density at radius 2 is 2.00 bits per heavy atom. The third-order valence-electron chi connectivity index (χ3n) is 3.57. The van der Waals surface area contributed by atoms with E-state index in [0.717, 1.165) is 6.42 Å². The van der Waals surface area contributed by atoms with E-state index < -0.39 is 5.60 Å². The molecule has 118 valence electrons. The molecule has 0 aromatic carbocycles. The second-order valence-corrected chi connectivity index (χ2v) is 7.29. The van der Waals surface area contributed by atoms with E-state index in [4.69, 9.17) is 10.5 Å². The number of carbonyl (C=O) groups is 1. The van der Waals surface area contributed by atoms with Gasteiger partial charge in [-0.2, -0.15) is 0 Å². The monoisotopic (exact) mass is 286 g/mol. The maximum absolute atomic E-state index is 12.1. The lowest BCUT2D eigenvalue weighted by molar-refractivity contribution is 0.00822. The third-order valence-corrected chi connectivity index (χ3v) is 3.57. The maximum Gasteiger partial charge on any atom is 0.410 e. The number of likely N-dealkylation sites (tertiary alicyclic amines) is 1. The van der Waals surface area contributed by atoms with Crippen LogP contribution < -0.4 is 5.73 Å². The minimum absolute atomic E-state index is 0.0411. The molecule has 0 aromatic heterocycles. The Morgan fingerprint density at radius 3 is 2.50 bits per heavy atom. The van der Waals surface area contributed by atoms with Crippen molar-refractivity contribution in [3.8, 4) is 0 Å². The first-order valence-electron chi connectivity index (χ1n) is 7.50. The Bertz CT molecular complexity index is 326. The summed E-state index contributed by atoms with van der Waals surface area (Å²) >= 11 is 0. The van der Waals surface area contributed by atoms with Crippen molar-refractivity contribution in [2.75, 3.05) is 13.1 Å². The molecule has 0 spiro atoms. The van der Waals surface area contributed by atoms with Gasteiger partial charge in [-0.25, -0.2) is 4.79 Å². The summed E-state index contributed by atoms with van der Waals surface area (Å²) in [5, 5.41) is 10.0. The maximum atomic E-state index is 12.1. The molecule has 5 heteroatoms. The summed E-state index contributed by atoms with van der Waals surface area (Å²) in [6.45, 7) is 10.7. The summed E-state index contributed by atoms with van der Waals surface area (Å²) in [4.78, 5) is 13.8. The van der Waals surface area contributed by atoms with Crippen molar-refractivity contribution in [1.29, 1.82) is 0 Å². The number of hydrogen-bond acceptors (Lipinski definition) is 4. The first-order valence-corrected chi connectivity index (χ1v) is 7.50. The van der Waals surface area contributed by atoms with Crippen LogP contribution in [0.4, 0.5) is 4.79 Å². The zero-order valence-corrected chi connectivity index (χ0v) is 13.4. The number of nitrogens with zero attached hydrogens (tertiary/aromatic N) is 1. The van der Waals surface area contributed by atoms with Gasteiger partial charge in [0.2, 0.25) is 0 Å². The molecule has 1 rings (SSSR count). The van der Waals surface area contributed by atoms with Gasteiger partial charge in [0.25, 0.3) is 0 Å². The zero-order valence-electron chi connectivity index (χ0n) is 13.4. The van der Waals surface area contributed by atoms with Crippen LogP contribution in [0, 0.1) is 11.8 Å². The summed E-state index contributed by atoms with van der Waals surface area (Å²) in [5.74, 6) is 0.465. The van der Waals surface area contributed by atoms with Gasteiger partial charge in [0, 0.05) is 19.1 Å². The van der Waals surface area contributed by atoms with Crippen LogP contribution in [0.15, 0.2) is 0 Å². The molecule has 1 aliphatic rings. The molecular weight excluding hydrogens is 256 g/mol. The summed E-state index contributed by atoms with van der Waals surface area (Å²) in [7, 11) is 0. The number of hydrogen-bond donors (Lipinski definition) is 2. The molecule has 0 radical (unpaired) electrons. The Kier molecular flexibility index (Phi) is 5.83. The fourth-order valence-electron chi connectivity index (χ4n) is 2.51. The lowest BCUT2D eigenvalue weighted by atomic mass is 9.87. The minimum atomic E-state index is -0.494. The van der Waals surface area contributed by atoms with Crippen LogP contribution in [0.5, 0.6) is 0 Å². The highest BCUT2D eigenvalue weighted by atomic mass is 16.6. The number of ether oxygens (including phenoxy) is 1. The SMILES string of the molecule is CC(C)C(O)CC1CC(N)CN(C(=O)OC(C)(C)C)C1. The van der Waals surface area contributed by atoms with Crippen molar-refractivity contribution in [2.24, 2.45) is 17.6 Å². The van der Waals surface area contributed by atoms with Crippen LogP contribution in [0.2, 0.25) is 0 Å². The van der Waals surface area contributed by atoms with E-state index in [9.17, 15) is 9.90 Å². The molecule has 1 aliphatic heterocycles. The Balaban J connectivity index is 2.59. The smallest absolute Gasteiger partial charge is 0.410 e. The summed E-state index contributed by atoms with van der Waals surface area (Å²) in [6.07, 6.45) is 0.885. The molecular formula is C15H30N2O3. The van der Waals surface area contributed by atoms with Gasteiger partial charge in [-0.1, -0.05) is 13.8 Å². The minimum Gasteiger partial charge on any atom is -0.444 e. The average molecular weight is 286 g/mol. The van der Waals surface area contributed by atoms with E-state index in [1.165, 1.54) is 0 Å². The van der Waals surface area contributed by atoms with Crippen LogP contribution in [0.25, 0.3) is 0 Å². The Hall–Kier alpha value is -0.810. The predicted molar refractivity (Wildman–Crippen MR) is 79.4 cm³/mol. The number of rotatable bonds is 3. The van der Waals surface area contributed by atoms with Crippen molar-refractivity contribution in [2.45, 2.75) is 65.2 Å². The molecule has 1 saturated heterocycles. The Morgan fingerprint density at radius 1 is 1.40 bits per heavy atom. The number of piperidine rings is 1. The molecule has 5 nitrogen and oxygen atoms in total. The number of carbonyl (C=O) groups excluding carboxylic acids is 1. The molecule has 3 unspecified atom stereocenters. The highest BCUT2D eigenvalue weighted by molar-refractivity contribution is 5.68. The van der Waals surface area contributed by atoms with E-state index in [1.54, 1.807) is 4.90 Å². The summed E-state index contributed by atoms with van der Waals surface area (Å²) < 4.78 is 5.40. The number of aliphatic hydroxyl groups excluding tert-OH is 1. The number of aliphatic hydroxyl groups is 1. The topological polar surface area (TPSA) is 75.8 Å². The molecule has 1 heterocycles. The van der Waals surface area contributed by atoms with E-state index >= 15 is 0 Å². The van der Waals surface area contributed by atoms with Gasteiger partial charge in [0.05, 0.1) is 6.10 Å². The van der Waals surface area contributed by atoms with Gasteiger partial charge in [0.1, 0.15) is 5.60 Å². The van der Waals surface area contributed by atoms with E-state index in [1.807, 2.05) is 34.6 Å². The van der Waals surface area contributed by atoms with Crippen molar-refractivity contribution in [3.63, 3.8) is 0 Å². The van der Waals surface area contributed by atoms with Crippen LogP contribution in [-0.2, 0) is 4.74 Å². The molecule has 0 aliphatic carbocycles. The van der Waals surface area contributed by atoms with E-state index in [-0.39, 0.29) is 30.1 Å². The lowest BCUT2D eigenvalue weighted by Gasteiger charge is -2.38. The predicted octanol–water partition coefficient (Wildman–Crippen LogP) is 1.98. The van der Waals surface area contributed by atoms with E-state index in [2.05, 4.69) is 0 Å². The molecule has 0 saturated carbocycles. The van der Waals surface area contributed by atoms with Gasteiger partial charge in [-0.15, -0.1) is 0 Å². The first kappa shape index (κ1) is 17.2. The van der Waals surface area contributed by atoms with Crippen molar-refractivity contribution < 1.29 is 14.6 Å². The average Bonchev–Trinajstić information content (AvgIpc) is 2.25. The molecule has 3 atom stereocenters. The van der Waals surface area contributed by atoms with Crippen molar-refractivity contribution >= 4 is 6.09 Å². The van der Waals surface area contributed by atoms with Gasteiger partial charge in [-0.05, 0) is 45.4 Å². The van der Waals surface area contributed by atoms with Crippen molar-refractivity contribution in [3.05, 3.63) is 0 Å². The highest BCUT2D eigenvalue weighted by Crippen LogP contribution is 2.24. The molecule has 20 heavy (non-hydrogen) atoms. The largest absolute Gasteiger partial charge is 0.444 e. The van der Waals surface area contributed by atoms with Crippen LogP contribution in [0.1, 0.15) is 47.5 Å². The summed E-state index contributed by atoms with van der Waals surface area (Å²) in [5.41, 5.74) is 5.54. The molecule has 0 aromatic rings. The van der Waals surface area contributed by atoms with Gasteiger partial charge in [0.15, 0.2) is 0 Å². The van der Waals surface area contributed by atoms with Crippen molar-refractivity contribution in [1.82, 2.24) is 4.90 Å². The second kappa shape index (κ2) is 6.76. The van der Waals surface area contributed by atoms with Gasteiger partial charge in [-0.3, -0.25) is 0 Å². The van der Waals surface area contributed by atoms with Gasteiger partial charge < -0.3 is 20.5 Å². The van der Waals surface area contributed by atoms with E-state index in [0.29, 0.717) is 19.5 Å². The van der Waals surface area contributed by atoms with Crippen LogP contribution in [-0.4, -0.2) is 46.9 Å². The summed E-state index contributed by atoms with van der Waals surface area (Å²) in [6, 6.07) is -0.0411. The third kappa shape index (κ3) is 5.67. The number of amides is 1. The van der Waals surface area contributed by atoms with Crippen LogP contribution >= 0.6 is 0 Å².